The average Bonchev–Trinajstić information content (AvgIpc) is 3.30. The Bertz CT molecular complexity index is 893. The molecule has 0 aliphatic heterocycles. The zero-order valence-electron chi connectivity index (χ0n) is 14.2. The van der Waals surface area contributed by atoms with Crippen LogP contribution < -0.4 is 10.9 Å². The van der Waals surface area contributed by atoms with Crippen molar-refractivity contribution in [3.8, 4) is 11.6 Å². The predicted octanol–water partition coefficient (Wildman–Crippen LogP) is 2.02. The largest absolute Gasteiger partial charge is 0.461 e. The van der Waals surface area contributed by atoms with E-state index in [-0.39, 0.29) is 11.8 Å². The fraction of sp³-hybridized carbons (Fsp3) is 0.176. The molecule has 2 N–H and O–H groups in total. The smallest absolute Gasteiger partial charge is 0.269 e. The molecule has 0 saturated carbocycles. The van der Waals surface area contributed by atoms with E-state index >= 15 is 0 Å². The molecule has 8 nitrogen and oxygen atoms in total. The average molecular weight is 371 g/mol. The van der Waals surface area contributed by atoms with Gasteiger partial charge in [0.05, 0.1) is 11.5 Å². The lowest BCUT2D eigenvalue weighted by molar-refractivity contribution is -0.121. The molecule has 0 saturated heterocycles. The number of hydrogen-bond acceptors (Lipinski definition) is 6. The van der Waals surface area contributed by atoms with Crippen LogP contribution in [-0.2, 0) is 11.8 Å². The summed E-state index contributed by atoms with van der Waals surface area (Å²) in [6.07, 6.45) is 1.56. The Morgan fingerprint density at radius 2 is 1.88 bits per heavy atom. The fourth-order valence-electron chi connectivity index (χ4n) is 2.13. The quantitative estimate of drug-likeness (QED) is 0.525. The second-order valence-electron chi connectivity index (χ2n) is 5.41. The Kier molecular flexibility index (Phi) is 5.37. The van der Waals surface area contributed by atoms with E-state index in [1.54, 1.807) is 61.2 Å². The summed E-state index contributed by atoms with van der Waals surface area (Å²) in [5.41, 5.74) is 5.28. The molecule has 2 heterocycles. The van der Waals surface area contributed by atoms with Crippen LogP contribution in [-0.4, -0.2) is 31.8 Å². The molecular weight excluding hydrogens is 354 g/mol. The van der Waals surface area contributed by atoms with Crippen LogP contribution in [0.2, 0.25) is 0 Å². The van der Waals surface area contributed by atoms with E-state index in [1.165, 1.54) is 11.8 Å². The molecule has 3 rings (SSSR count). The van der Waals surface area contributed by atoms with Crippen LogP contribution in [0.5, 0.6) is 0 Å². The lowest BCUT2D eigenvalue weighted by Gasteiger charge is -2.12. The molecule has 9 heteroatoms. The molecule has 3 aromatic rings. The Labute approximate surface area is 154 Å². The highest BCUT2D eigenvalue weighted by Gasteiger charge is 2.20. The van der Waals surface area contributed by atoms with Gasteiger partial charge < -0.3 is 8.98 Å². The van der Waals surface area contributed by atoms with Crippen LogP contribution in [0.1, 0.15) is 17.3 Å². The summed E-state index contributed by atoms with van der Waals surface area (Å²) in [4.78, 5) is 24.2. The van der Waals surface area contributed by atoms with Crippen LogP contribution in [0.4, 0.5) is 0 Å². The Morgan fingerprint density at radius 1 is 1.12 bits per heavy atom. The van der Waals surface area contributed by atoms with Gasteiger partial charge in [0.2, 0.25) is 0 Å². The van der Waals surface area contributed by atoms with E-state index in [0.717, 1.165) is 0 Å². The molecular formula is C17H17N5O3S. The third-order valence-electron chi connectivity index (χ3n) is 3.56. The summed E-state index contributed by atoms with van der Waals surface area (Å²) in [5.74, 6) is 0.443. The lowest BCUT2D eigenvalue weighted by Crippen LogP contribution is -2.44. The highest BCUT2D eigenvalue weighted by Crippen LogP contribution is 2.25. The normalized spacial score (nSPS) is 11.8. The number of amides is 2. The molecule has 26 heavy (non-hydrogen) atoms. The lowest BCUT2D eigenvalue weighted by atomic mass is 10.2. The maximum absolute atomic E-state index is 12.2. The van der Waals surface area contributed by atoms with Crippen molar-refractivity contribution in [1.82, 2.24) is 25.6 Å². The van der Waals surface area contributed by atoms with Gasteiger partial charge in [0, 0.05) is 12.6 Å². The Balaban J connectivity index is 1.57. The number of hydrogen-bond donors (Lipinski definition) is 2. The van der Waals surface area contributed by atoms with Crippen LogP contribution in [0.25, 0.3) is 11.6 Å². The molecule has 0 fully saturated rings. The standard InChI is InChI=1S/C17H17N5O3S/c1-11(15(23)19-20-16(24)12-7-4-3-5-8-12)26-17-21-18-14(22(17)2)13-9-6-10-25-13/h3-11H,1-2H3,(H,19,23)(H,20,24)/t11-/m1/s1. The molecule has 0 bridgehead atoms. The molecule has 0 radical (unpaired) electrons. The van der Waals surface area contributed by atoms with Gasteiger partial charge in [-0.3, -0.25) is 20.4 Å². The molecule has 0 unspecified atom stereocenters. The minimum atomic E-state index is -0.488. The number of aromatic nitrogens is 3. The highest BCUT2D eigenvalue weighted by atomic mass is 32.2. The monoisotopic (exact) mass is 371 g/mol. The molecule has 0 spiro atoms. The number of carbonyl (C=O) groups excluding carboxylic acids is 2. The van der Waals surface area contributed by atoms with Crippen molar-refractivity contribution in [2.24, 2.45) is 7.05 Å². The number of rotatable bonds is 5. The zero-order valence-corrected chi connectivity index (χ0v) is 15.0. The molecule has 134 valence electrons. The summed E-state index contributed by atoms with van der Waals surface area (Å²) >= 11 is 1.23. The van der Waals surface area contributed by atoms with Crippen molar-refractivity contribution in [1.29, 1.82) is 0 Å². The SMILES string of the molecule is C[C@@H](Sc1nnc(-c2ccco2)n1C)C(=O)NNC(=O)c1ccccc1. The van der Waals surface area contributed by atoms with Gasteiger partial charge in [-0.05, 0) is 31.2 Å². The van der Waals surface area contributed by atoms with Gasteiger partial charge in [-0.15, -0.1) is 10.2 Å². The van der Waals surface area contributed by atoms with Crippen molar-refractivity contribution in [3.05, 3.63) is 54.3 Å². The minimum absolute atomic E-state index is 0.346. The summed E-state index contributed by atoms with van der Waals surface area (Å²) in [7, 11) is 1.79. The number of furan rings is 1. The number of thioether (sulfide) groups is 1. The van der Waals surface area contributed by atoms with Crippen molar-refractivity contribution >= 4 is 23.6 Å². The van der Waals surface area contributed by atoms with Crippen molar-refractivity contribution in [3.63, 3.8) is 0 Å². The van der Waals surface area contributed by atoms with Gasteiger partial charge in [-0.1, -0.05) is 30.0 Å². The maximum Gasteiger partial charge on any atom is 0.269 e. The van der Waals surface area contributed by atoms with E-state index in [4.69, 9.17) is 4.42 Å². The Hall–Kier alpha value is -3.07. The first-order valence-electron chi connectivity index (χ1n) is 7.81. The second-order valence-corrected chi connectivity index (χ2v) is 6.72. The van der Waals surface area contributed by atoms with Crippen LogP contribution >= 0.6 is 11.8 Å². The molecule has 1 atom stereocenters. The number of nitrogens with one attached hydrogen (secondary N) is 2. The number of carbonyl (C=O) groups is 2. The van der Waals surface area contributed by atoms with Gasteiger partial charge in [0.15, 0.2) is 16.7 Å². The topological polar surface area (TPSA) is 102 Å². The van der Waals surface area contributed by atoms with Crippen molar-refractivity contribution < 1.29 is 14.0 Å². The van der Waals surface area contributed by atoms with Crippen LogP contribution in [0, 0.1) is 0 Å². The summed E-state index contributed by atoms with van der Waals surface area (Å²) in [6.45, 7) is 1.72. The van der Waals surface area contributed by atoms with Crippen LogP contribution in [0.3, 0.4) is 0 Å². The molecule has 1 aromatic carbocycles. The van der Waals surface area contributed by atoms with Crippen molar-refractivity contribution in [2.45, 2.75) is 17.3 Å². The van der Waals surface area contributed by atoms with E-state index in [0.29, 0.717) is 22.3 Å². The van der Waals surface area contributed by atoms with Gasteiger partial charge >= 0.3 is 0 Å². The van der Waals surface area contributed by atoms with Gasteiger partial charge in [0.25, 0.3) is 11.8 Å². The summed E-state index contributed by atoms with van der Waals surface area (Å²) in [6, 6.07) is 12.2. The molecule has 0 aliphatic rings. The van der Waals surface area contributed by atoms with Crippen LogP contribution in [0.15, 0.2) is 58.3 Å². The maximum atomic E-state index is 12.2. The minimum Gasteiger partial charge on any atom is -0.461 e. The third-order valence-corrected chi connectivity index (χ3v) is 4.70. The fourth-order valence-corrected chi connectivity index (χ4v) is 2.95. The van der Waals surface area contributed by atoms with Crippen molar-refractivity contribution in [2.75, 3.05) is 0 Å². The number of hydrazine groups is 1. The van der Waals surface area contributed by atoms with Gasteiger partial charge in [-0.25, -0.2) is 0 Å². The molecule has 0 aliphatic carbocycles. The zero-order chi connectivity index (χ0) is 18.5. The number of benzene rings is 1. The number of nitrogens with zero attached hydrogens (tertiary/aromatic N) is 3. The first kappa shape index (κ1) is 17.7. The summed E-state index contributed by atoms with van der Waals surface area (Å²) < 4.78 is 7.06. The molecule has 2 aromatic heterocycles. The second kappa shape index (κ2) is 7.87. The Morgan fingerprint density at radius 3 is 2.58 bits per heavy atom. The highest BCUT2D eigenvalue weighted by molar-refractivity contribution is 8.00. The van der Waals surface area contributed by atoms with Gasteiger partial charge in [0.1, 0.15) is 0 Å². The molecule has 2 amide bonds. The first-order valence-corrected chi connectivity index (χ1v) is 8.69. The van der Waals surface area contributed by atoms with E-state index in [9.17, 15) is 9.59 Å². The van der Waals surface area contributed by atoms with E-state index < -0.39 is 5.25 Å². The van der Waals surface area contributed by atoms with Gasteiger partial charge in [-0.2, -0.15) is 0 Å². The third kappa shape index (κ3) is 3.94. The summed E-state index contributed by atoms with van der Waals surface area (Å²) in [5, 5.41) is 8.24. The predicted molar refractivity (Wildman–Crippen MR) is 96.1 cm³/mol. The van der Waals surface area contributed by atoms with E-state index in [1.807, 2.05) is 6.07 Å². The first-order chi connectivity index (χ1) is 12.6. The van der Waals surface area contributed by atoms with E-state index in [2.05, 4.69) is 21.0 Å².